The number of piperazine rings is 1. The van der Waals surface area contributed by atoms with Crippen LogP contribution in [0.15, 0.2) is 71.8 Å². The standard InChI is InChI=1S/C24H21Cl2N3/c25-22-10-5-11-23(26)21(22)16-27-29-14-12-28(13-15-29)24-19-8-3-1-6-17(19)18-7-2-4-9-20(18)24/h1-11,16,24H,12-15H2/p+1/b27-16-. The molecule has 1 fully saturated rings. The quantitative estimate of drug-likeness (QED) is 0.623. The van der Waals surface area contributed by atoms with Gasteiger partial charge in [0.05, 0.1) is 42.4 Å². The molecule has 29 heavy (non-hydrogen) atoms. The van der Waals surface area contributed by atoms with Crippen molar-refractivity contribution in [3.8, 4) is 11.1 Å². The average Bonchev–Trinajstić information content (AvgIpc) is 3.08. The average molecular weight is 423 g/mol. The summed E-state index contributed by atoms with van der Waals surface area (Å²) in [6.45, 7) is 3.91. The number of quaternary nitrogens is 1. The van der Waals surface area contributed by atoms with Crippen LogP contribution in [0.4, 0.5) is 0 Å². The first-order valence-electron chi connectivity index (χ1n) is 9.98. The molecule has 0 amide bonds. The molecule has 0 unspecified atom stereocenters. The second-order valence-corrected chi connectivity index (χ2v) is 8.41. The van der Waals surface area contributed by atoms with Crippen molar-refractivity contribution in [2.24, 2.45) is 5.10 Å². The second-order valence-electron chi connectivity index (χ2n) is 7.60. The zero-order valence-electron chi connectivity index (χ0n) is 16.0. The molecule has 1 saturated heterocycles. The molecule has 0 radical (unpaired) electrons. The summed E-state index contributed by atoms with van der Waals surface area (Å²) in [6.07, 6.45) is 1.79. The molecule has 0 spiro atoms. The maximum absolute atomic E-state index is 6.25. The molecule has 5 rings (SSSR count). The van der Waals surface area contributed by atoms with Crippen molar-refractivity contribution in [1.29, 1.82) is 0 Å². The number of hydrazone groups is 1. The van der Waals surface area contributed by atoms with Crippen LogP contribution in [-0.4, -0.2) is 37.4 Å². The number of hydrogen-bond acceptors (Lipinski definition) is 2. The minimum absolute atomic E-state index is 0.409. The van der Waals surface area contributed by atoms with Gasteiger partial charge in [0, 0.05) is 16.7 Å². The monoisotopic (exact) mass is 422 g/mol. The fraction of sp³-hybridized carbons (Fsp3) is 0.208. The van der Waals surface area contributed by atoms with Gasteiger partial charge in [-0.05, 0) is 23.3 Å². The zero-order valence-corrected chi connectivity index (χ0v) is 17.5. The predicted molar refractivity (Wildman–Crippen MR) is 120 cm³/mol. The van der Waals surface area contributed by atoms with Crippen molar-refractivity contribution >= 4 is 29.4 Å². The van der Waals surface area contributed by atoms with Crippen LogP contribution in [0.25, 0.3) is 11.1 Å². The predicted octanol–water partition coefficient (Wildman–Crippen LogP) is 4.30. The highest BCUT2D eigenvalue weighted by Crippen LogP contribution is 2.41. The third kappa shape index (κ3) is 3.44. The minimum atomic E-state index is 0.409. The Hall–Kier alpha value is -2.33. The molecule has 3 nitrogen and oxygen atoms in total. The van der Waals surface area contributed by atoms with Gasteiger partial charge in [-0.25, -0.2) is 0 Å². The SMILES string of the molecule is Clc1cccc(Cl)c1/C=N\N1CC[NH+](C2c3ccccc3-c3ccccc32)CC1. The highest BCUT2D eigenvalue weighted by Gasteiger charge is 2.37. The van der Waals surface area contributed by atoms with E-state index in [1.54, 1.807) is 11.1 Å². The topological polar surface area (TPSA) is 20.0 Å². The van der Waals surface area contributed by atoms with Gasteiger partial charge in [-0.2, -0.15) is 5.10 Å². The molecule has 1 heterocycles. The number of hydrogen-bond donors (Lipinski definition) is 1. The van der Waals surface area contributed by atoms with Gasteiger partial charge in [-0.15, -0.1) is 0 Å². The summed E-state index contributed by atoms with van der Waals surface area (Å²) in [5.41, 5.74) is 6.44. The molecule has 0 aromatic heterocycles. The Morgan fingerprint density at radius 3 is 1.93 bits per heavy atom. The van der Waals surface area contributed by atoms with E-state index in [4.69, 9.17) is 23.2 Å². The van der Waals surface area contributed by atoms with E-state index < -0.39 is 0 Å². The zero-order chi connectivity index (χ0) is 19.8. The molecular formula is C24H22Cl2N3+. The summed E-state index contributed by atoms with van der Waals surface area (Å²) < 4.78 is 0. The van der Waals surface area contributed by atoms with Gasteiger partial charge in [0.15, 0.2) is 0 Å². The second kappa shape index (κ2) is 7.83. The van der Waals surface area contributed by atoms with Crippen LogP contribution in [0.5, 0.6) is 0 Å². The van der Waals surface area contributed by atoms with E-state index in [9.17, 15) is 0 Å². The lowest BCUT2D eigenvalue weighted by Crippen LogP contribution is -3.14. The highest BCUT2D eigenvalue weighted by molar-refractivity contribution is 6.38. The van der Waals surface area contributed by atoms with E-state index in [-0.39, 0.29) is 0 Å². The van der Waals surface area contributed by atoms with Crippen LogP contribution in [0.3, 0.4) is 0 Å². The summed E-state index contributed by atoms with van der Waals surface area (Å²) in [5, 5.41) is 8.03. The van der Waals surface area contributed by atoms with Crippen LogP contribution < -0.4 is 4.90 Å². The maximum atomic E-state index is 6.25. The molecule has 146 valence electrons. The summed E-state index contributed by atoms with van der Waals surface area (Å²) >= 11 is 12.5. The molecule has 1 aliphatic carbocycles. The number of nitrogens with one attached hydrogen (secondary N) is 1. The fourth-order valence-electron chi connectivity index (χ4n) is 4.56. The maximum Gasteiger partial charge on any atom is 0.140 e. The first kappa shape index (κ1) is 18.7. The van der Waals surface area contributed by atoms with Crippen LogP contribution >= 0.6 is 23.2 Å². The molecular weight excluding hydrogens is 401 g/mol. The Morgan fingerprint density at radius 2 is 1.34 bits per heavy atom. The molecule has 1 aliphatic heterocycles. The van der Waals surface area contributed by atoms with Crippen LogP contribution in [0.1, 0.15) is 22.7 Å². The van der Waals surface area contributed by atoms with Crippen molar-refractivity contribution in [3.05, 3.63) is 93.5 Å². The van der Waals surface area contributed by atoms with Gasteiger partial charge in [0.25, 0.3) is 0 Å². The Balaban J connectivity index is 1.33. The minimum Gasteiger partial charge on any atom is -0.322 e. The van der Waals surface area contributed by atoms with Crippen molar-refractivity contribution < 1.29 is 4.90 Å². The summed E-state index contributed by atoms with van der Waals surface area (Å²) in [4.78, 5) is 1.60. The lowest BCUT2D eigenvalue weighted by Gasteiger charge is -2.34. The normalized spacial score (nSPS) is 17.0. The van der Waals surface area contributed by atoms with Gasteiger partial charge in [0.1, 0.15) is 6.04 Å². The summed E-state index contributed by atoms with van der Waals surface area (Å²) in [5.74, 6) is 0. The number of fused-ring (bicyclic) bond motifs is 3. The van der Waals surface area contributed by atoms with Gasteiger partial charge in [-0.3, -0.25) is 5.01 Å². The van der Waals surface area contributed by atoms with Gasteiger partial charge in [0.2, 0.25) is 0 Å². The smallest absolute Gasteiger partial charge is 0.140 e. The Kier molecular flexibility index (Phi) is 5.04. The summed E-state index contributed by atoms with van der Waals surface area (Å²) in [6, 6.07) is 23.6. The van der Waals surface area contributed by atoms with Gasteiger partial charge in [-0.1, -0.05) is 77.8 Å². The molecule has 1 N–H and O–H groups in total. The highest BCUT2D eigenvalue weighted by atomic mass is 35.5. The van der Waals surface area contributed by atoms with Gasteiger partial charge >= 0.3 is 0 Å². The van der Waals surface area contributed by atoms with Crippen molar-refractivity contribution in [2.75, 3.05) is 26.2 Å². The van der Waals surface area contributed by atoms with Gasteiger partial charge < -0.3 is 4.90 Å². The van der Waals surface area contributed by atoms with Crippen LogP contribution in [-0.2, 0) is 0 Å². The number of rotatable bonds is 3. The molecule has 2 aliphatic rings. The number of nitrogens with zero attached hydrogens (tertiary/aromatic N) is 2. The third-order valence-electron chi connectivity index (χ3n) is 5.97. The van der Waals surface area contributed by atoms with E-state index in [1.807, 2.05) is 18.2 Å². The molecule has 3 aromatic carbocycles. The molecule has 5 heteroatoms. The third-order valence-corrected chi connectivity index (χ3v) is 6.63. The van der Waals surface area contributed by atoms with E-state index in [0.29, 0.717) is 16.1 Å². The number of halogens is 2. The molecule has 3 aromatic rings. The van der Waals surface area contributed by atoms with Crippen molar-refractivity contribution in [2.45, 2.75) is 6.04 Å². The largest absolute Gasteiger partial charge is 0.322 e. The Labute approximate surface area is 181 Å². The van der Waals surface area contributed by atoms with Crippen LogP contribution in [0, 0.1) is 0 Å². The Bertz CT molecular complexity index is 1010. The van der Waals surface area contributed by atoms with Crippen molar-refractivity contribution in [1.82, 2.24) is 5.01 Å². The van der Waals surface area contributed by atoms with E-state index in [0.717, 1.165) is 31.7 Å². The molecule has 0 bridgehead atoms. The van der Waals surface area contributed by atoms with E-state index in [2.05, 4.69) is 58.6 Å². The Morgan fingerprint density at radius 1 is 0.793 bits per heavy atom. The summed E-state index contributed by atoms with van der Waals surface area (Å²) in [7, 11) is 0. The van der Waals surface area contributed by atoms with Crippen LogP contribution in [0.2, 0.25) is 10.0 Å². The molecule has 0 atom stereocenters. The first-order valence-corrected chi connectivity index (χ1v) is 10.7. The van der Waals surface area contributed by atoms with Crippen molar-refractivity contribution in [3.63, 3.8) is 0 Å². The fourth-order valence-corrected chi connectivity index (χ4v) is 5.05. The number of benzene rings is 3. The van der Waals surface area contributed by atoms with E-state index in [1.165, 1.54) is 22.3 Å². The lowest BCUT2D eigenvalue weighted by molar-refractivity contribution is -0.929. The first-order chi connectivity index (χ1) is 14.2. The van der Waals surface area contributed by atoms with E-state index >= 15 is 0 Å². The molecule has 0 saturated carbocycles. The lowest BCUT2D eigenvalue weighted by atomic mass is 10.0.